The minimum atomic E-state index is 0.394. The number of benzene rings is 1. The third-order valence-corrected chi connectivity index (χ3v) is 2.84. The zero-order valence-electron chi connectivity index (χ0n) is 10.8. The van der Waals surface area contributed by atoms with Crippen LogP contribution < -0.4 is 10.1 Å². The number of nitrogens with one attached hydrogen (secondary N) is 1. The summed E-state index contributed by atoms with van der Waals surface area (Å²) in [6.07, 6.45) is 1.15. The predicted molar refractivity (Wildman–Crippen MR) is 68.9 cm³/mol. The normalized spacial score (nSPS) is 14.5. The highest BCUT2D eigenvalue weighted by Crippen LogP contribution is 2.18. The van der Waals surface area contributed by atoms with Crippen LogP contribution in [-0.2, 0) is 0 Å². The van der Waals surface area contributed by atoms with E-state index in [0.29, 0.717) is 12.1 Å². The lowest BCUT2D eigenvalue weighted by Crippen LogP contribution is -2.28. The van der Waals surface area contributed by atoms with Gasteiger partial charge in [-0.15, -0.1) is 0 Å². The van der Waals surface area contributed by atoms with E-state index in [-0.39, 0.29) is 0 Å². The van der Waals surface area contributed by atoms with Gasteiger partial charge in [-0.05, 0) is 44.9 Å². The molecule has 0 radical (unpaired) electrons. The number of ether oxygens (including phenoxy) is 1. The van der Waals surface area contributed by atoms with E-state index in [1.165, 1.54) is 5.56 Å². The molecule has 0 saturated carbocycles. The molecule has 0 aliphatic heterocycles. The molecule has 1 rings (SSSR count). The molecule has 0 aromatic heterocycles. The van der Waals surface area contributed by atoms with Crippen molar-refractivity contribution in [3.05, 3.63) is 29.8 Å². The Morgan fingerprint density at radius 3 is 2.25 bits per heavy atom. The van der Waals surface area contributed by atoms with Gasteiger partial charge in [0.05, 0.1) is 6.61 Å². The van der Waals surface area contributed by atoms with E-state index in [0.717, 1.165) is 18.8 Å². The van der Waals surface area contributed by atoms with E-state index < -0.39 is 0 Å². The molecule has 0 aliphatic rings. The average Bonchev–Trinajstić information content (AvgIpc) is 2.30. The fourth-order valence-corrected chi connectivity index (χ4v) is 1.66. The Morgan fingerprint density at radius 2 is 1.75 bits per heavy atom. The van der Waals surface area contributed by atoms with Crippen LogP contribution in [0.4, 0.5) is 0 Å². The van der Waals surface area contributed by atoms with E-state index in [4.69, 9.17) is 4.74 Å². The highest BCUT2D eigenvalue weighted by Gasteiger charge is 2.07. The van der Waals surface area contributed by atoms with Crippen LogP contribution >= 0.6 is 0 Å². The van der Waals surface area contributed by atoms with Crippen molar-refractivity contribution in [3.63, 3.8) is 0 Å². The number of hydrogen-bond acceptors (Lipinski definition) is 2. The highest BCUT2D eigenvalue weighted by molar-refractivity contribution is 5.28. The highest BCUT2D eigenvalue weighted by atomic mass is 16.5. The lowest BCUT2D eigenvalue weighted by molar-refractivity contribution is 0.340. The van der Waals surface area contributed by atoms with Crippen LogP contribution in [-0.4, -0.2) is 12.6 Å². The van der Waals surface area contributed by atoms with Gasteiger partial charge in [0.1, 0.15) is 5.75 Å². The maximum atomic E-state index is 5.42. The van der Waals surface area contributed by atoms with Gasteiger partial charge >= 0.3 is 0 Å². The first-order valence-electron chi connectivity index (χ1n) is 6.16. The second-order valence-electron chi connectivity index (χ2n) is 4.20. The Bertz CT molecular complexity index is 294. The molecule has 0 bridgehead atoms. The predicted octanol–water partition coefficient (Wildman–Crippen LogP) is 3.53. The Morgan fingerprint density at radius 1 is 1.12 bits per heavy atom. The van der Waals surface area contributed by atoms with Crippen molar-refractivity contribution in [2.24, 2.45) is 0 Å². The van der Waals surface area contributed by atoms with Crippen LogP contribution in [0.1, 0.15) is 45.7 Å². The van der Waals surface area contributed by atoms with Gasteiger partial charge in [-0.2, -0.15) is 0 Å². The summed E-state index contributed by atoms with van der Waals surface area (Å²) >= 11 is 0. The van der Waals surface area contributed by atoms with Crippen LogP contribution in [0, 0.1) is 0 Å². The van der Waals surface area contributed by atoms with Gasteiger partial charge in [0.25, 0.3) is 0 Å². The maximum absolute atomic E-state index is 5.42. The van der Waals surface area contributed by atoms with Crippen LogP contribution in [0.2, 0.25) is 0 Å². The molecule has 2 heteroatoms. The van der Waals surface area contributed by atoms with Crippen LogP contribution in [0.3, 0.4) is 0 Å². The van der Waals surface area contributed by atoms with Crippen molar-refractivity contribution in [1.29, 1.82) is 0 Å². The zero-order chi connectivity index (χ0) is 12.0. The molecule has 0 heterocycles. The molecule has 90 valence electrons. The zero-order valence-corrected chi connectivity index (χ0v) is 10.8. The van der Waals surface area contributed by atoms with Crippen LogP contribution in [0.15, 0.2) is 24.3 Å². The molecule has 0 saturated heterocycles. The van der Waals surface area contributed by atoms with Crippen molar-refractivity contribution in [2.75, 3.05) is 6.61 Å². The fourth-order valence-electron chi connectivity index (χ4n) is 1.66. The lowest BCUT2D eigenvalue weighted by atomic mass is 10.1. The Hall–Kier alpha value is -1.02. The van der Waals surface area contributed by atoms with Crippen molar-refractivity contribution in [3.8, 4) is 5.75 Å². The summed E-state index contributed by atoms with van der Waals surface area (Å²) in [7, 11) is 0. The van der Waals surface area contributed by atoms with Crippen molar-refractivity contribution in [1.82, 2.24) is 5.32 Å². The summed E-state index contributed by atoms with van der Waals surface area (Å²) in [5.74, 6) is 0.946. The second-order valence-corrected chi connectivity index (χ2v) is 4.20. The first kappa shape index (κ1) is 13.0. The lowest BCUT2D eigenvalue weighted by Gasteiger charge is -2.19. The molecule has 0 fully saturated rings. The standard InChI is InChI=1S/C14H23NO/c1-5-11(3)15-12(4)13-7-9-14(10-8-13)16-6-2/h7-12,15H,5-6H2,1-4H3/t11-,12-/m1/s1. The molecule has 0 unspecified atom stereocenters. The molecule has 2 nitrogen and oxygen atoms in total. The molecule has 1 aromatic rings. The van der Waals surface area contributed by atoms with Gasteiger partial charge in [0.2, 0.25) is 0 Å². The van der Waals surface area contributed by atoms with Gasteiger partial charge in [0.15, 0.2) is 0 Å². The van der Waals surface area contributed by atoms with Gasteiger partial charge in [-0.3, -0.25) is 0 Å². The molecular weight excluding hydrogens is 198 g/mol. The summed E-state index contributed by atoms with van der Waals surface area (Å²) in [6.45, 7) is 9.33. The molecule has 0 amide bonds. The minimum Gasteiger partial charge on any atom is -0.494 e. The van der Waals surface area contributed by atoms with Crippen molar-refractivity contribution in [2.45, 2.75) is 46.2 Å². The second kappa shape index (κ2) is 6.54. The van der Waals surface area contributed by atoms with Crippen LogP contribution in [0.5, 0.6) is 5.75 Å². The van der Waals surface area contributed by atoms with E-state index in [2.05, 4.69) is 38.2 Å². The third-order valence-electron chi connectivity index (χ3n) is 2.84. The first-order chi connectivity index (χ1) is 7.67. The minimum absolute atomic E-state index is 0.394. The van der Waals surface area contributed by atoms with Crippen molar-refractivity contribution >= 4 is 0 Å². The molecule has 0 spiro atoms. The summed E-state index contributed by atoms with van der Waals surface area (Å²) in [6, 6.07) is 9.28. The van der Waals surface area contributed by atoms with Gasteiger partial charge < -0.3 is 10.1 Å². The fraction of sp³-hybridized carbons (Fsp3) is 0.571. The van der Waals surface area contributed by atoms with E-state index in [9.17, 15) is 0 Å². The van der Waals surface area contributed by atoms with Gasteiger partial charge in [-0.1, -0.05) is 19.1 Å². The molecule has 2 atom stereocenters. The molecule has 0 aliphatic carbocycles. The van der Waals surface area contributed by atoms with Crippen molar-refractivity contribution < 1.29 is 4.74 Å². The van der Waals surface area contributed by atoms with Gasteiger partial charge in [-0.25, -0.2) is 0 Å². The molecule has 1 aromatic carbocycles. The van der Waals surface area contributed by atoms with E-state index in [1.807, 2.05) is 19.1 Å². The van der Waals surface area contributed by atoms with Gasteiger partial charge in [0, 0.05) is 12.1 Å². The van der Waals surface area contributed by atoms with E-state index in [1.54, 1.807) is 0 Å². The SMILES string of the molecule is CCOc1ccc([C@@H](C)N[C@H](C)CC)cc1. The van der Waals surface area contributed by atoms with E-state index >= 15 is 0 Å². The smallest absolute Gasteiger partial charge is 0.119 e. The largest absolute Gasteiger partial charge is 0.494 e. The van der Waals surface area contributed by atoms with Crippen LogP contribution in [0.25, 0.3) is 0 Å². The summed E-state index contributed by atoms with van der Waals surface area (Å²) in [4.78, 5) is 0. The number of hydrogen-bond donors (Lipinski definition) is 1. The summed E-state index contributed by atoms with van der Waals surface area (Å²) in [5, 5.41) is 3.56. The average molecular weight is 221 g/mol. The monoisotopic (exact) mass is 221 g/mol. The quantitative estimate of drug-likeness (QED) is 0.793. The molecule has 16 heavy (non-hydrogen) atoms. The number of rotatable bonds is 6. The Kier molecular flexibility index (Phi) is 5.33. The summed E-state index contributed by atoms with van der Waals surface area (Å²) < 4.78 is 5.42. The topological polar surface area (TPSA) is 21.3 Å². The molecule has 1 N–H and O–H groups in total. The summed E-state index contributed by atoms with van der Waals surface area (Å²) in [5.41, 5.74) is 1.31. The Balaban J connectivity index is 2.59. The molecular formula is C14H23NO. The maximum Gasteiger partial charge on any atom is 0.119 e. The first-order valence-corrected chi connectivity index (χ1v) is 6.16. The third kappa shape index (κ3) is 3.86. The Labute approximate surface area is 99.0 Å².